The number of fused-ring (bicyclic) bond motifs is 2. The number of carbonyl (C=O) groups excluding carboxylic acids is 1. The molecule has 0 spiro atoms. The highest BCUT2D eigenvalue weighted by Crippen LogP contribution is 2.39. The molecule has 4 aromatic carbocycles. The van der Waals surface area contributed by atoms with Crippen molar-refractivity contribution >= 4 is 51.0 Å². The standard InChI is InChI=1S/C36H28Cl2N4O3/c1-45-28-10-11-29(24-16-25(37)19-26(38)17-24)30(20-28)32-13-7-21-15-22(8-12-31(21)39-32)35-40-33-18-23(36(43)41-44)9-14-34(33)42(35)27-5-3-2-4-6-27/h7-20,27H,2-6H2,1H3. The first-order chi connectivity index (χ1) is 21.9. The van der Waals surface area contributed by atoms with E-state index in [1.165, 1.54) is 6.42 Å². The van der Waals surface area contributed by atoms with Gasteiger partial charge in [-0.2, -0.15) is 0 Å². The summed E-state index contributed by atoms with van der Waals surface area (Å²) in [5, 5.41) is 4.68. The van der Waals surface area contributed by atoms with E-state index in [1.807, 2.05) is 54.6 Å². The Kier molecular flexibility index (Phi) is 7.81. The Morgan fingerprint density at radius 2 is 1.60 bits per heavy atom. The van der Waals surface area contributed by atoms with Gasteiger partial charge in [-0.25, -0.2) is 9.97 Å². The number of pyridine rings is 1. The molecule has 7 rings (SSSR count). The molecular formula is C36H28Cl2N4O3. The van der Waals surface area contributed by atoms with E-state index >= 15 is 0 Å². The van der Waals surface area contributed by atoms with Crippen molar-refractivity contribution in [2.75, 3.05) is 7.11 Å². The van der Waals surface area contributed by atoms with Crippen molar-refractivity contribution in [1.29, 1.82) is 0 Å². The summed E-state index contributed by atoms with van der Waals surface area (Å²) in [6.07, 6.45) is 5.68. The summed E-state index contributed by atoms with van der Waals surface area (Å²) < 4.78 is 7.86. The van der Waals surface area contributed by atoms with E-state index in [9.17, 15) is 9.70 Å². The maximum absolute atomic E-state index is 12.0. The molecule has 224 valence electrons. The molecule has 0 aliphatic heterocycles. The lowest BCUT2D eigenvalue weighted by molar-refractivity contribution is 0.100. The van der Waals surface area contributed by atoms with Gasteiger partial charge in [0.05, 0.1) is 29.4 Å². The predicted molar refractivity (Wildman–Crippen MR) is 180 cm³/mol. The molecule has 0 saturated heterocycles. The van der Waals surface area contributed by atoms with Crippen LogP contribution < -0.4 is 4.74 Å². The average molecular weight is 636 g/mol. The number of hydrogen-bond donors (Lipinski definition) is 0. The summed E-state index contributed by atoms with van der Waals surface area (Å²) in [7, 11) is 1.64. The van der Waals surface area contributed by atoms with E-state index in [4.69, 9.17) is 37.9 Å². The Morgan fingerprint density at radius 1 is 0.800 bits per heavy atom. The van der Waals surface area contributed by atoms with Crippen LogP contribution in [-0.2, 0) is 0 Å². The fourth-order valence-electron chi connectivity index (χ4n) is 6.43. The van der Waals surface area contributed by atoms with E-state index in [-0.39, 0.29) is 5.56 Å². The summed E-state index contributed by atoms with van der Waals surface area (Å²) in [5.41, 5.74) is 7.15. The highest BCUT2D eigenvalue weighted by molar-refractivity contribution is 6.35. The second-order valence-corrected chi connectivity index (χ2v) is 12.2. The Balaban J connectivity index is 1.34. The van der Waals surface area contributed by atoms with Crippen LogP contribution in [0.2, 0.25) is 10.0 Å². The number of nitroso groups, excluding NO2 is 1. The van der Waals surface area contributed by atoms with Crippen molar-refractivity contribution in [2.45, 2.75) is 38.1 Å². The van der Waals surface area contributed by atoms with Crippen LogP contribution in [0.25, 0.3) is 55.7 Å². The van der Waals surface area contributed by atoms with Crippen LogP contribution in [-0.4, -0.2) is 27.6 Å². The first-order valence-corrected chi connectivity index (χ1v) is 15.6. The predicted octanol–water partition coefficient (Wildman–Crippen LogP) is 10.3. The molecule has 1 amide bonds. The zero-order valence-electron chi connectivity index (χ0n) is 24.5. The monoisotopic (exact) mass is 634 g/mol. The van der Waals surface area contributed by atoms with E-state index < -0.39 is 5.91 Å². The SMILES string of the molecule is COc1ccc(-c2cc(Cl)cc(Cl)c2)c(-c2ccc3cc(-c4nc5cc(C(=O)N=O)ccc5n4C4CCCCC4)ccc3n2)c1. The molecule has 1 aliphatic carbocycles. The quantitative estimate of drug-likeness (QED) is 0.170. The van der Waals surface area contributed by atoms with Gasteiger partial charge in [0.15, 0.2) is 0 Å². The molecule has 9 heteroatoms. The third kappa shape index (κ3) is 5.58. The van der Waals surface area contributed by atoms with Gasteiger partial charge >= 0.3 is 5.91 Å². The summed E-state index contributed by atoms with van der Waals surface area (Å²) in [6.45, 7) is 0. The Hall–Kier alpha value is -4.59. The molecule has 1 aliphatic rings. The minimum Gasteiger partial charge on any atom is -0.497 e. The molecule has 1 fully saturated rings. The topological polar surface area (TPSA) is 86.4 Å². The second-order valence-electron chi connectivity index (χ2n) is 11.4. The third-order valence-corrected chi connectivity index (χ3v) is 9.02. The van der Waals surface area contributed by atoms with Crippen LogP contribution in [0, 0.1) is 4.91 Å². The maximum Gasteiger partial charge on any atom is 0.316 e. The van der Waals surface area contributed by atoms with Crippen LogP contribution in [0.3, 0.4) is 0 Å². The van der Waals surface area contributed by atoms with Gasteiger partial charge in [-0.1, -0.05) is 54.6 Å². The molecule has 0 unspecified atom stereocenters. The van der Waals surface area contributed by atoms with Crippen molar-refractivity contribution in [2.24, 2.45) is 5.18 Å². The van der Waals surface area contributed by atoms with Crippen LogP contribution >= 0.6 is 23.2 Å². The van der Waals surface area contributed by atoms with Gasteiger partial charge in [0.1, 0.15) is 11.6 Å². The van der Waals surface area contributed by atoms with Crippen LogP contribution in [0.4, 0.5) is 0 Å². The van der Waals surface area contributed by atoms with Gasteiger partial charge in [-0.05, 0) is 96.8 Å². The van der Waals surface area contributed by atoms with Gasteiger partial charge in [-0.3, -0.25) is 4.79 Å². The number of benzene rings is 4. The van der Waals surface area contributed by atoms with Crippen LogP contribution in [0.1, 0.15) is 48.5 Å². The Morgan fingerprint density at radius 3 is 2.36 bits per heavy atom. The number of hydrogen-bond acceptors (Lipinski definition) is 5. The second kappa shape index (κ2) is 12.1. The number of aromatic nitrogens is 3. The minimum atomic E-state index is -0.795. The van der Waals surface area contributed by atoms with E-state index in [0.717, 1.165) is 81.6 Å². The lowest BCUT2D eigenvalue weighted by Gasteiger charge is -2.25. The smallest absolute Gasteiger partial charge is 0.316 e. The number of imidazole rings is 1. The Labute approximate surface area is 269 Å². The molecule has 0 N–H and O–H groups in total. The number of ether oxygens (including phenoxy) is 1. The highest BCUT2D eigenvalue weighted by Gasteiger charge is 2.23. The van der Waals surface area contributed by atoms with Gasteiger partial charge in [-0.15, -0.1) is 4.91 Å². The molecule has 45 heavy (non-hydrogen) atoms. The number of methoxy groups -OCH3 is 1. The van der Waals surface area contributed by atoms with Gasteiger partial charge in [0.2, 0.25) is 0 Å². The normalized spacial score (nSPS) is 13.8. The van der Waals surface area contributed by atoms with Crippen molar-refractivity contribution in [3.8, 4) is 39.5 Å². The highest BCUT2D eigenvalue weighted by atomic mass is 35.5. The largest absolute Gasteiger partial charge is 0.497 e. The molecule has 2 aromatic heterocycles. The first kappa shape index (κ1) is 29.1. The van der Waals surface area contributed by atoms with Gasteiger partial charge in [0, 0.05) is 43.3 Å². The summed E-state index contributed by atoms with van der Waals surface area (Å²) in [6, 6.07) is 27.1. The van der Waals surface area contributed by atoms with Crippen molar-refractivity contribution in [3.05, 3.63) is 105 Å². The number of rotatable bonds is 6. The maximum atomic E-state index is 12.0. The number of carbonyl (C=O) groups is 1. The lowest BCUT2D eigenvalue weighted by atomic mass is 9.94. The van der Waals surface area contributed by atoms with E-state index in [2.05, 4.69) is 21.9 Å². The van der Waals surface area contributed by atoms with E-state index in [0.29, 0.717) is 21.6 Å². The molecule has 6 aromatic rings. The zero-order chi connectivity index (χ0) is 31.1. The average Bonchev–Trinajstić information content (AvgIpc) is 3.46. The fourth-order valence-corrected chi connectivity index (χ4v) is 6.96. The molecule has 0 radical (unpaired) electrons. The van der Waals surface area contributed by atoms with Crippen molar-refractivity contribution in [1.82, 2.24) is 14.5 Å². The Bertz CT molecular complexity index is 2100. The molecule has 7 nitrogen and oxygen atoms in total. The molecule has 0 bridgehead atoms. The van der Waals surface area contributed by atoms with Gasteiger partial charge in [0.25, 0.3) is 0 Å². The van der Waals surface area contributed by atoms with Gasteiger partial charge < -0.3 is 9.30 Å². The lowest BCUT2D eigenvalue weighted by Crippen LogP contribution is -2.14. The number of amides is 1. The molecule has 2 heterocycles. The summed E-state index contributed by atoms with van der Waals surface area (Å²) >= 11 is 12.7. The first-order valence-electron chi connectivity index (χ1n) is 14.9. The summed E-state index contributed by atoms with van der Waals surface area (Å²) in [5.74, 6) is 0.755. The molecular weight excluding hydrogens is 607 g/mol. The zero-order valence-corrected chi connectivity index (χ0v) is 26.0. The summed E-state index contributed by atoms with van der Waals surface area (Å²) in [4.78, 5) is 33.0. The fraction of sp³-hybridized carbons (Fsp3) is 0.194. The minimum absolute atomic E-state index is 0.240. The van der Waals surface area contributed by atoms with Crippen LogP contribution in [0.15, 0.2) is 90.1 Å². The van der Waals surface area contributed by atoms with Crippen molar-refractivity contribution < 1.29 is 9.53 Å². The van der Waals surface area contributed by atoms with E-state index in [1.54, 1.807) is 25.3 Å². The number of nitrogens with zero attached hydrogens (tertiary/aromatic N) is 4. The third-order valence-electron chi connectivity index (χ3n) is 8.58. The molecule has 0 atom stereocenters. The van der Waals surface area contributed by atoms with Crippen LogP contribution in [0.5, 0.6) is 5.75 Å². The van der Waals surface area contributed by atoms with Crippen molar-refractivity contribution in [3.63, 3.8) is 0 Å². The number of halogens is 2. The molecule has 1 saturated carbocycles.